The molecular formula is C7H11NO2S. The predicted molar refractivity (Wildman–Crippen MR) is 45.0 cm³/mol. The molecule has 0 spiro atoms. The lowest BCUT2D eigenvalue weighted by Gasteiger charge is -2.06. The average molecular weight is 173 g/mol. The molecule has 0 amide bonds. The normalized spacial score (nSPS) is 13.5. The van der Waals surface area contributed by atoms with Crippen molar-refractivity contribution >= 4 is 11.3 Å². The first-order valence-corrected chi connectivity index (χ1v) is 4.22. The highest BCUT2D eigenvalue weighted by molar-refractivity contribution is 7.09. The number of nitrogens with zero attached hydrogens (tertiary/aromatic N) is 1. The van der Waals surface area contributed by atoms with Crippen molar-refractivity contribution in [2.45, 2.75) is 27.0 Å². The minimum Gasteiger partial charge on any atom is -0.373 e. The van der Waals surface area contributed by atoms with Crippen molar-refractivity contribution in [3.05, 3.63) is 20.2 Å². The number of aryl methyl sites for hydroxylation is 1. The van der Waals surface area contributed by atoms with Crippen LogP contribution in [0.4, 0.5) is 0 Å². The van der Waals surface area contributed by atoms with Gasteiger partial charge in [-0.2, -0.15) is 0 Å². The van der Waals surface area contributed by atoms with Crippen LogP contribution in [0.3, 0.4) is 0 Å². The molecule has 11 heavy (non-hydrogen) atoms. The van der Waals surface area contributed by atoms with Gasteiger partial charge in [-0.1, -0.05) is 11.3 Å². The van der Waals surface area contributed by atoms with Crippen molar-refractivity contribution in [1.82, 2.24) is 4.57 Å². The van der Waals surface area contributed by atoms with Gasteiger partial charge in [0.25, 0.3) is 0 Å². The molecule has 0 aliphatic rings. The molecule has 1 rings (SSSR count). The van der Waals surface area contributed by atoms with Gasteiger partial charge in [-0.15, -0.1) is 0 Å². The highest BCUT2D eigenvalue weighted by Gasteiger charge is 2.10. The van der Waals surface area contributed by atoms with Crippen LogP contribution in [-0.4, -0.2) is 9.67 Å². The molecule has 1 N–H and O–H groups in total. The fourth-order valence-corrected chi connectivity index (χ4v) is 1.89. The number of aliphatic hydroxyl groups is 1. The average Bonchev–Trinajstić information content (AvgIpc) is 2.07. The molecule has 4 heteroatoms. The highest BCUT2D eigenvalue weighted by Crippen LogP contribution is 2.12. The molecule has 0 fully saturated rings. The molecule has 1 atom stereocenters. The first-order valence-electron chi connectivity index (χ1n) is 3.40. The summed E-state index contributed by atoms with van der Waals surface area (Å²) in [4.78, 5) is 12.0. The fourth-order valence-electron chi connectivity index (χ4n) is 0.993. The Morgan fingerprint density at radius 3 is 2.27 bits per heavy atom. The third-order valence-electron chi connectivity index (χ3n) is 1.68. The number of aliphatic hydroxyl groups excluding tert-OH is 1. The van der Waals surface area contributed by atoms with Crippen LogP contribution in [0.5, 0.6) is 0 Å². The summed E-state index contributed by atoms with van der Waals surface area (Å²) < 4.78 is 1.39. The summed E-state index contributed by atoms with van der Waals surface area (Å²) in [6.07, 6.45) is -0.715. The standard InChI is InChI=1S/C7H11NO2S/c1-4-5(2)11-7(10)8(4)6(3)9/h6,9H,1-3H3. The molecule has 3 nitrogen and oxygen atoms in total. The highest BCUT2D eigenvalue weighted by atomic mass is 32.1. The maximum Gasteiger partial charge on any atom is 0.309 e. The van der Waals surface area contributed by atoms with Crippen LogP contribution in [0.2, 0.25) is 0 Å². The summed E-state index contributed by atoms with van der Waals surface area (Å²) in [6.45, 7) is 5.29. The molecule has 0 radical (unpaired) electrons. The van der Waals surface area contributed by atoms with Gasteiger partial charge in [0.2, 0.25) is 0 Å². The molecule has 1 aromatic heterocycles. The molecule has 1 aromatic rings. The van der Waals surface area contributed by atoms with Gasteiger partial charge in [0.15, 0.2) is 0 Å². The minimum absolute atomic E-state index is 0.0880. The molecule has 0 bridgehead atoms. The summed E-state index contributed by atoms with van der Waals surface area (Å²) in [5.74, 6) is 0. The summed E-state index contributed by atoms with van der Waals surface area (Å²) in [5, 5.41) is 9.17. The van der Waals surface area contributed by atoms with E-state index in [0.717, 1.165) is 10.6 Å². The summed E-state index contributed by atoms with van der Waals surface area (Å²) in [5.41, 5.74) is 0.856. The van der Waals surface area contributed by atoms with Crippen LogP contribution >= 0.6 is 11.3 Å². The smallest absolute Gasteiger partial charge is 0.309 e. The van der Waals surface area contributed by atoms with E-state index in [1.165, 1.54) is 15.9 Å². The molecule has 0 saturated carbocycles. The van der Waals surface area contributed by atoms with Gasteiger partial charge >= 0.3 is 4.87 Å². The maximum atomic E-state index is 11.1. The quantitative estimate of drug-likeness (QED) is 0.689. The van der Waals surface area contributed by atoms with Gasteiger partial charge in [-0.05, 0) is 20.8 Å². The van der Waals surface area contributed by atoms with E-state index in [0.29, 0.717) is 0 Å². The Balaban J connectivity index is 3.34. The summed E-state index contributed by atoms with van der Waals surface area (Å²) >= 11 is 1.17. The Morgan fingerprint density at radius 2 is 2.09 bits per heavy atom. The minimum atomic E-state index is -0.715. The second kappa shape index (κ2) is 2.79. The van der Waals surface area contributed by atoms with E-state index in [1.54, 1.807) is 6.92 Å². The lowest BCUT2D eigenvalue weighted by molar-refractivity contribution is 0.120. The zero-order valence-corrected chi connectivity index (χ0v) is 7.60. The molecule has 0 aromatic carbocycles. The van der Waals surface area contributed by atoms with Crippen molar-refractivity contribution < 1.29 is 5.11 Å². The molecule has 0 saturated heterocycles. The Hall–Kier alpha value is -0.610. The first kappa shape index (κ1) is 8.49. The van der Waals surface area contributed by atoms with E-state index in [2.05, 4.69) is 0 Å². The molecule has 0 aliphatic heterocycles. The van der Waals surface area contributed by atoms with Gasteiger partial charge in [0.1, 0.15) is 6.23 Å². The van der Waals surface area contributed by atoms with E-state index in [9.17, 15) is 4.79 Å². The predicted octanol–water partition coefficient (Wildman–Crippen LogP) is 1.04. The maximum absolute atomic E-state index is 11.1. The largest absolute Gasteiger partial charge is 0.373 e. The molecule has 1 heterocycles. The van der Waals surface area contributed by atoms with Crippen LogP contribution < -0.4 is 4.87 Å². The Labute approximate surface area is 68.9 Å². The SMILES string of the molecule is Cc1sc(=O)n(C(C)O)c1C. The van der Waals surface area contributed by atoms with Crippen LogP contribution in [0.15, 0.2) is 4.79 Å². The Bertz CT molecular complexity index is 311. The monoisotopic (exact) mass is 173 g/mol. The Morgan fingerprint density at radius 1 is 1.55 bits per heavy atom. The van der Waals surface area contributed by atoms with Gasteiger partial charge in [0.05, 0.1) is 0 Å². The van der Waals surface area contributed by atoms with Crippen molar-refractivity contribution in [2.75, 3.05) is 0 Å². The van der Waals surface area contributed by atoms with E-state index < -0.39 is 6.23 Å². The van der Waals surface area contributed by atoms with Gasteiger partial charge < -0.3 is 5.11 Å². The van der Waals surface area contributed by atoms with Crippen LogP contribution in [0.1, 0.15) is 23.7 Å². The number of rotatable bonds is 1. The van der Waals surface area contributed by atoms with E-state index in [4.69, 9.17) is 5.11 Å². The van der Waals surface area contributed by atoms with E-state index in [1.807, 2.05) is 13.8 Å². The van der Waals surface area contributed by atoms with Gasteiger partial charge in [0, 0.05) is 10.6 Å². The van der Waals surface area contributed by atoms with Crippen molar-refractivity contribution in [3.8, 4) is 0 Å². The lowest BCUT2D eigenvalue weighted by Crippen LogP contribution is -2.18. The topological polar surface area (TPSA) is 42.2 Å². The fraction of sp³-hybridized carbons (Fsp3) is 0.571. The Kier molecular flexibility index (Phi) is 2.15. The van der Waals surface area contributed by atoms with Crippen LogP contribution in [0, 0.1) is 13.8 Å². The zero-order chi connectivity index (χ0) is 8.59. The zero-order valence-electron chi connectivity index (χ0n) is 6.79. The lowest BCUT2D eigenvalue weighted by atomic mass is 10.4. The van der Waals surface area contributed by atoms with Gasteiger partial charge in [-0.3, -0.25) is 9.36 Å². The number of hydrogen-bond acceptors (Lipinski definition) is 3. The molecule has 1 unspecified atom stereocenters. The molecular weight excluding hydrogens is 162 g/mol. The first-order chi connectivity index (χ1) is 5.04. The molecule has 0 aliphatic carbocycles. The number of aromatic nitrogens is 1. The molecule has 62 valence electrons. The van der Waals surface area contributed by atoms with Crippen molar-refractivity contribution in [1.29, 1.82) is 0 Å². The second-order valence-electron chi connectivity index (χ2n) is 2.51. The van der Waals surface area contributed by atoms with Gasteiger partial charge in [-0.25, -0.2) is 0 Å². The van der Waals surface area contributed by atoms with Crippen molar-refractivity contribution in [2.24, 2.45) is 0 Å². The number of hydrogen-bond donors (Lipinski definition) is 1. The van der Waals surface area contributed by atoms with Crippen LogP contribution in [-0.2, 0) is 0 Å². The third-order valence-corrected chi connectivity index (χ3v) is 2.65. The number of thiazole rings is 1. The van der Waals surface area contributed by atoms with E-state index in [-0.39, 0.29) is 4.87 Å². The van der Waals surface area contributed by atoms with E-state index >= 15 is 0 Å². The summed E-state index contributed by atoms with van der Waals surface area (Å²) in [7, 11) is 0. The third kappa shape index (κ3) is 1.36. The van der Waals surface area contributed by atoms with Crippen molar-refractivity contribution in [3.63, 3.8) is 0 Å². The second-order valence-corrected chi connectivity index (χ2v) is 3.68. The summed E-state index contributed by atoms with van der Waals surface area (Å²) in [6, 6.07) is 0. The van der Waals surface area contributed by atoms with Crippen LogP contribution in [0.25, 0.3) is 0 Å².